The first-order valence-corrected chi connectivity index (χ1v) is 12.6. The predicted octanol–water partition coefficient (Wildman–Crippen LogP) is 8.12. The van der Waals surface area contributed by atoms with Crippen LogP contribution in [0.3, 0.4) is 0 Å². The fourth-order valence-electron chi connectivity index (χ4n) is 3.78. The number of hydrogen-bond acceptors (Lipinski definition) is 4. The van der Waals surface area contributed by atoms with E-state index in [1.54, 1.807) is 12.1 Å². The number of alkyl halides is 3. The van der Waals surface area contributed by atoms with Gasteiger partial charge in [-0.05, 0) is 73.6 Å². The highest BCUT2D eigenvalue weighted by Gasteiger charge is 2.30. The van der Waals surface area contributed by atoms with Gasteiger partial charge in [-0.3, -0.25) is 4.79 Å². The van der Waals surface area contributed by atoms with Crippen LogP contribution in [0.25, 0.3) is 16.6 Å². The summed E-state index contributed by atoms with van der Waals surface area (Å²) in [5.41, 5.74) is 3.36. The first kappa shape index (κ1) is 28.1. The van der Waals surface area contributed by atoms with Crippen LogP contribution in [0.2, 0.25) is 0 Å². The predicted molar refractivity (Wildman–Crippen MR) is 141 cm³/mol. The molecule has 8 heteroatoms. The van der Waals surface area contributed by atoms with Gasteiger partial charge in [0, 0.05) is 16.7 Å². The van der Waals surface area contributed by atoms with Gasteiger partial charge in [0.1, 0.15) is 5.01 Å². The van der Waals surface area contributed by atoms with E-state index in [9.17, 15) is 22.8 Å². The van der Waals surface area contributed by atoms with Gasteiger partial charge in [-0.1, -0.05) is 44.7 Å². The third-order valence-electron chi connectivity index (χ3n) is 5.93. The third-order valence-corrected chi connectivity index (χ3v) is 7.01. The molecule has 0 aliphatic carbocycles. The number of aromatic nitrogens is 1. The van der Waals surface area contributed by atoms with Gasteiger partial charge in [0.05, 0.1) is 16.1 Å². The van der Waals surface area contributed by atoms with Crippen molar-refractivity contribution in [2.75, 3.05) is 0 Å². The summed E-state index contributed by atoms with van der Waals surface area (Å²) in [6.07, 6.45) is 0.549. The second kappa shape index (κ2) is 11.7. The van der Waals surface area contributed by atoms with E-state index in [1.165, 1.54) is 29.5 Å². The molecule has 2 aromatic carbocycles. The minimum Gasteiger partial charge on any atom is -0.478 e. The maximum absolute atomic E-state index is 12.9. The summed E-state index contributed by atoms with van der Waals surface area (Å²) in [5.74, 6) is -1.10. The largest absolute Gasteiger partial charge is 0.478 e. The molecular formula is C29H28F3NO3S. The SMILES string of the molecule is C=C(CCCc1ccc(C(=O)C=Cc2sc(-c3ccc(C(F)(F)F)cc3)nc2C(C)C)cc1C)C(=O)O. The molecule has 0 saturated heterocycles. The molecule has 0 unspecified atom stereocenters. The van der Waals surface area contributed by atoms with E-state index >= 15 is 0 Å². The summed E-state index contributed by atoms with van der Waals surface area (Å²) in [6, 6.07) is 10.4. The van der Waals surface area contributed by atoms with Crippen LogP contribution in [0, 0.1) is 6.92 Å². The topological polar surface area (TPSA) is 67.3 Å². The average molecular weight is 528 g/mol. The number of halogens is 3. The number of aliphatic carboxylic acids is 1. The molecule has 4 nitrogen and oxygen atoms in total. The molecule has 3 aromatic rings. The van der Waals surface area contributed by atoms with Crippen LogP contribution in [0.1, 0.15) is 70.2 Å². The number of carboxylic acid groups (broad SMARTS) is 1. The van der Waals surface area contributed by atoms with Gasteiger partial charge in [0.25, 0.3) is 0 Å². The number of benzene rings is 2. The summed E-state index contributed by atoms with van der Waals surface area (Å²) >= 11 is 1.33. The van der Waals surface area contributed by atoms with Crippen molar-refractivity contribution in [2.24, 2.45) is 0 Å². The van der Waals surface area contributed by atoms with E-state index in [-0.39, 0.29) is 17.3 Å². The first-order valence-electron chi connectivity index (χ1n) is 11.8. The Morgan fingerprint density at radius 1 is 1.14 bits per heavy atom. The lowest BCUT2D eigenvalue weighted by molar-refractivity contribution is -0.137. The standard InChI is InChI=1S/C29H28F3NO3S/c1-17(2)26-25(37-27(33-26)21-10-12-23(13-11-21)29(30,31)32)15-14-24(34)22-9-8-20(19(4)16-22)7-5-6-18(3)28(35)36/h8-17H,3,5-7H2,1-2,4H3,(H,35,36). The highest BCUT2D eigenvalue weighted by Crippen LogP contribution is 2.35. The van der Waals surface area contributed by atoms with Crippen LogP contribution in [0.5, 0.6) is 0 Å². The molecule has 0 radical (unpaired) electrons. The summed E-state index contributed by atoms with van der Waals surface area (Å²) < 4.78 is 38.7. The van der Waals surface area contributed by atoms with E-state index in [0.29, 0.717) is 35.4 Å². The Hall–Kier alpha value is -3.52. The smallest absolute Gasteiger partial charge is 0.416 e. The van der Waals surface area contributed by atoms with E-state index in [1.807, 2.05) is 32.9 Å². The minimum absolute atomic E-state index is 0.0629. The fourth-order valence-corrected chi connectivity index (χ4v) is 4.91. The Morgan fingerprint density at radius 2 is 1.81 bits per heavy atom. The summed E-state index contributed by atoms with van der Waals surface area (Å²) in [6.45, 7) is 9.40. The number of thiazole rings is 1. The van der Waals surface area contributed by atoms with Gasteiger partial charge in [0.15, 0.2) is 5.78 Å². The number of hydrogen-bond donors (Lipinski definition) is 1. The van der Waals surface area contributed by atoms with Gasteiger partial charge < -0.3 is 5.11 Å². The maximum Gasteiger partial charge on any atom is 0.416 e. The lowest BCUT2D eigenvalue weighted by atomic mass is 9.97. The number of ketones is 1. The second-order valence-corrected chi connectivity index (χ2v) is 10.1. The van der Waals surface area contributed by atoms with Gasteiger partial charge in [-0.2, -0.15) is 13.2 Å². The van der Waals surface area contributed by atoms with Crippen molar-refractivity contribution in [3.05, 3.63) is 93.5 Å². The van der Waals surface area contributed by atoms with Crippen molar-refractivity contribution in [1.82, 2.24) is 4.98 Å². The Morgan fingerprint density at radius 3 is 2.38 bits per heavy atom. The zero-order valence-corrected chi connectivity index (χ0v) is 21.7. The van der Waals surface area contributed by atoms with E-state index in [4.69, 9.17) is 5.11 Å². The molecule has 0 aliphatic heterocycles. The molecule has 0 fully saturated rings. The molecule has 194 valence electrons. The van der Waals surface area contributed by atoms with Crippen LogP contribution < -0.4 is 0 Å². The van der Waals surface area contributed by atoms with E-state index in [2.05, 4.69) is 11.6 Å². The highest BCUT2D eigenvalue weighted by atomic mass is 32.1. The van der Waals surface area contributed by atoms with Crippen molar-refractivity contribution in [3.63, 3.8) is 0 Å². The third kappa shape index (κ3) is 7.26. The lowest BCUT2D eigenvalue weighted by Crippen LogP contribution is -2.03. The van der Waals surface area contributed by atoms with Gasteiger partial charge in [0.2, 0.25) is 0 Å². The zero-order valence-electron chi connectivity index (χ0n) is 20.9. The van der Waals surface area contributed by atoms with Crippen LogP contribution in [-0.4, -0.2) is 21.8 Å². The lowest BCUT2D eigenvalue weighted by Gasteiger charge is -2.07. The monoisotopic (exact) mass is 527 g/mol. The Kier molecular flexibility index (Phi) is 8.86. The molecule has 3 rings (SSSR count). The van der Waals surface area contributed by atoms with Crippen LogP contribution in [-0.2, 0) is 17.4 Å². The molecule has 1 aromatic heterocycles. The molecule has 1 N–H and O–H groups in total. The molecular weight excluding hydrogens is 499 g/mol. The number of aryl methyl sites for hydroxylation is 2. The molecule has 0 aliphatic rings. The van der Waals surface area contributed by atoms with Gasteiger partial charge in [-0.25, -0.2) is 9.78 Å². The van der Waals surface area contributed by atoms with Crippen molar-refractivity contribution >= 4 is 29.2 Å². The molecule has 0 atom stereocenters. The number of allylic oxidation sites excluding steroid dienone is 1. The quantitative estimate of drug-likeness (QED) is 0.214. The van der Waals surface area contributed by atoms with Crippen LogP contribution in [0.4, 0.5) is 13.2 Å². The summed E-state index contributed by atoms with van der Waals surface area (Å²) in [5, 5.41) is 9.52. The molecule has 0 amide bonds. The highest BCUT2D eigenvalue weighted by molar-refractivity contribution is 7.16. The minimum atomic E-state index is -4.40. The Labute approximate surface area is 218 Å². The summed E-state index contributed by atoms with van der Waals surface area (Å²) in [7, 11) is 0. The molecule has 0 bridgehead atoms. The number of carbonyl (C=O) groups excluding carboxylic acids is 1. The van der Waals surface area contributed by atoms with Crippen LogP contribution >= 0.6 is 11.3 Å². The number of carbonyl (C=O) groups is 2. The number of nitrogens with zero attached hydrogens (tertiary/aromatic N) is 1. The Bertz CT molecular complexity index is 1340. The van der Waals surface area contributed by atoms with Gasteiger partial charge in [-0.15, -0.1) is 11.3 Å². The molecule has 37 heavy (non-hydrogen) atoms. The van der Waals surface area contributed by atoms with Crippen molar-refractivity contribution in [1.29, 1.82) is 0 Å². The van der Waals surface area contributed by atoms with E-state index < -0.39 is 17.7 Å². The fraction of sp³-hybridized carbons (Fsp3) is 0.276. The number of carboxylic acids is 1. The molecule has 0 spiro atoms. The van der Waals surface area contributed by atoms with Gasteiger partial charge >= 0.3 is 12.1 Å². The molecule has 0 saturated carbocycles. The molecule has 1 heterocycles. The van der Waals surface area contributed by atoms with Crippen molar-refractivity contribution in [3.8, 4) is 10.6 Å². The summed E-state index contributed by atoms with van der Waals surface area (Å²) in [4.78, 5) is 29.2. The van der Waals surface area contributed by atoms with Crippen molar-refractivity contribution < 1.29 is 27.9 Å². The second-order valence-electron chi connectivity index (χ2n) is 9.10. The normalized spacial score (nSPS) is 11.9. The van der Waals surface area contributed by atoms with E-state index in [0.717, 1.165) is 33.8 Å². The average Bonchev–Trinajstić information content (AvgIpc) is 3.27. The Balaban J connectivity index is 1.75. The van der Waals surface area contributed by atoms with Crippen LogP contribution in [0.15, 0.2) is 60.7 Å². The zero-order chi connectivity index (χ0) is 27.3. The number of rotatable bonds is 10. The maximum atomic E-state index is 12.9. The first-order chi connectivity index (χ1) is 17.4. The van der Waals surface area contributed by atoms with Crippen molar-refractivity contribution in [2.45, 2.75) is 52.1 Å².